The molecule has 1 amide bonds. The highest BCUT2D eigenvalue weighted by atomic mass is 19.1. The first-order chi connectivity index (χ1) is 15.2. The van der Waals surface area contributed by atoms with E-state index < -0.39 is 11.6 Å². The van der Waals surface area contributed by atoms with Crippen LogP contribution in [0.5, 0.6) is 0 Å². The Kier molecular flexibility index (Phi) is 4.47. The Morgan fingerprint density at radius 1 is 1.12 bits per heavy atom. The van der Waals surface area contributed by atoms with Gasteiger partial charge in [0.2, 0.25) is 0 Å². The molecule has 0 radical (unpaired) electrons. The normalized spacial score (nSPS) is 20.3. The molecule has 4 aromatic rings. The van der Waals surface area contributed by atoms with E-state index in [1.54, 1.807) is 18.2 Å². The number of rotatable bonds is 4. The zero-order valence-electron chi connectivity index (χ0n) is 17.0. The lowest BCUT2D eigenvalue weighted by atomic mass is 9.83. The van der Waals surface area contributed by atoms with E-state index in [-0.39, 0.29) is 36.1 Å². The van der Waals surface area contributed by atoms with Crippen molar-refractivity contribution in [2.75, 3.05) is 5.73 Å². The van der Waals surface area contributed by atoms with Crippen molar-refractivity contribution in [2.24, 2.45) is 11.5 Å². The highest BCUT2D eigenvalue weighted by Crippen LogP contribution is 2.41. The molecule has 0 spiro atoms. The number of nitrogen functional groups attached to an aromatic ring is 1. The third-order valence-corrected chi connectivity index (χ3v) is 5.80. The van der Waals surface area contributed by atoms with Gasteiger partial charge in [-0.3, -0.25) is 4.79 Å². The number of benzene rings is 2. The summed E-state index contributed by atoms with van der Waals surface area (Å²) in [6.07, 6.45) is 0.541. The van der Waals surface area contributed by atoms with E-state index in [9.17, 15) is 14.3 Å². The first kappa shape index (κ1) is 20.1. The molecule has 2 aromatic heterocycles. The van der Waals surface area contributed by atoms with Crippen molar-refractivity contribution in [1.82, 2.24) is 14.8 Å². The fourth-order valence-electron chi connectivity index (χ4n) is 4.17. The number of halogens is 1. The van der Waals surface area contributed by atoms with Crippen LogP contribution in [0.3, 0.4) is 0 Å². The fraction of sp³-hybridized carbons (Fsp3) is 0.174. The number of nitrogens with two attached hydrogens (primary N) is 3. The first-order valence-corrected chi connectivity index (χ1v) is 10.1. The molecular formula is C23H21FN6O2. The molecule has 0 unspecified atom stereocenters. The van der Waals surface area contributed by atoms with Gasteiger partial charge in [0, 0.05) is 29.4 Å². The monoisotopic (exact) mass is 432 g/mol. The van der Waals surface area contributed by atoms with Crippen LogP contribution in [0.1, 0.15) is 29.2 Å². The number of nitrogens with zero attached hydrogens (tertiary/aromatic N) is 3. The van der Waals surface area contributed by atoms with Gasteiger partial charge in [0.15, 0.2) is 0 Å². The molecule has 162 valence electrons. The number of carbonyl (C=O) groups is 1. The van der Waals surface area contributed by atoms with E-state index in [1.165, 1.54) is 16.8 Å². The summed E-state index contributed by atoms with van der Waals surface area (Å²) >= 11 is 0. The van der Waals surface area contributed by atoms with Crippen LogP contribution in [0.2, 0.25) is 0 Å². The van der Waals surface area contributed by atoms with Crippen LogP contribution < -0.4 is 17.2 Å². The van der Waals surface area contributed by atoms with E-state index in [0.717, 1.165) is 5.39 Å². The quantitative estimate of drug-likeness (QED) is 0.365. The summed E-state index contributed by atoms with van der Waals surface area (Å²) in [6, 6.07) is 15.2. The number of amides is 1. The summed E-state index contributed by atoms with van der Waals surface area (Å²) in [6.45, 7) is 0. The Hall–Kier alpha value is -3.82. The SMILES string of the molecule is NC(=O)c1c(-c2ccc3ccc(-c4cccc(F)c4)nc3c2)nn(C2CC(N)(O)C2)c1N. The van der Waals surface area contributed by atoms with Gasteiger partial charge in [0.05, 0.1) is 17.3 Å². The van der Waals surface area contributed by atoms with Crippen LogP contribution >= 0.6 is 0 Å². The van der Waals surface area contributed by atoms with Gasteiger partial charge in [0.25, 0.3) is 5.91 Å². The molecule has 0 aliphatic heterocycles. The van der Waals surface area contributed by atoms with Crippen molar-refractivity contribution in [3.63, 3.8) is 0 Å². The second-order valence-corrected chi connectivity index (χ2v) is 8.20. The molecule has 9 heteroatoms. The topological polar surface area (TPSA) is 146 Å². The van der Waals surface area contributed by atoms with E-state index in [2.05, 4.69) is 10.1 Å². The minimum atomic E-state index is -1.27. The lowest BCUT2D eigenvalue weighted by Crippen LogP contribution is -2.52. The van der Waals surface area contributed by atoms with Gasteiger partial charge in [-0.25, -0.2) is 14.1 Å². The number of anilines is 1. The van der Waals surface area contributed by atoms with Gasteiger partial charge in [-0.05, 0) is 24.3 Å². The van der Waals surface area contributed by atoms with Gasteiger partial charge in [-0.2, -0.15) is 5.10 Å². The minimum absolute atomic E-state index is 0.109. The van der Waals surface area contributed by atoms with E-state index in [1.807, 2.05) is 24.3 Å². The summed E-state index contributed by atoms with van der Waals surface area (Å²) < 4.78 is 15.1. The summed E-state index contributed by atoms with van der Waals surface area (Å²) in [5.74, 6) is -0.909. The second-order valence-electron chi connectivity index (χ2n) is 8.20. The van der Waals surface area contributed by atoms with Gasteiger partial charge in [-0.15, -0.1) is 0 Å². The van der Waals surface area contributed by atoms with Crippen molar-refractivity contribution in [2.45, 2.75) is 24.6 Å². The average molecular weight is 432 g/mol. The number of fused-ring (bicyclic) bond motifs is 1. The predicted octanol–water partition coefficient (Wildman–Crippen LogP) is 2.57. The number of aromatic nitrogens is 3. The Morgan fingerprint density at radius 3 is 2.56 bits per heavy atom. The lowest BCUT2D eigenvalue weighted by molar-refractivity contribution is -0.0643. The highest BCUT2D eigenvalue weighted by Gasteiger charge is 2.42. The van der Waals surface area contributed by atoms with Crippen molar-refractivity contribution >= 4 is 22.6 Å². The van der Waals surface area contributed by atoms with Crippen LogP contribution in [-0.4, -0.2) is 31.5 Å². The maximum absolute atomic E-state index is 13.6. The molecular weight excluding hydrogens is 411 g/mol. The third-order valence-electron chi connectivity index (χ3n) is 5.80. The lowest BCUT2D eigenvalue weighted by Gasteiger charge is -2.40. The summed E-state index contributed by atoms with van der Waals surface area (Å²) in [5.41, 5.74) is 19.2. The predicted molar refractivity (Wildman–Crippen MR) is 119 cm³/mol. The molecule has 7 N–H and O–H groups in total. The standard InChI is InChI=1S/C23H21FN6O2/c24-15-3-1-2-13(8-15)17-7-6-12-4-5-14(9-18(12)28-17)20-19(22(26)31)21(25)30(29-20)16-10-23(27,32)11-16/h1-9,16,32H,10-11,25,27H2,(H2,26,31). The summed E-state index contributed by atoms with van der Waals surface area (Å²) in [4.78, 5) is 16.8. The van der Waals surface area contributed by atoms with Crippen molar-refractivity contribution < 1.29 is 14.3 Å². The third kappa shape index (κ3) is 3.37. The summed E-state index contributed by atoms with van der Waals surface area (Å²) in [5, 5.41) is 15.3. The molecule has 2 aromatic carbocycles. The Bertz CT molecular complexity index is 1370. The number of primary amides is 1. The largest absolute Gasteiger partial charge is 0.383 e. The van der Waals surface area contributed by atoms with Gasteiger partial charge in [0.1, 0.15) is 28.6 Å². The van der Waals surface area contributed by atoms with Crippen LogP contribution in [0.4, 0.5) is 10.2 Å². The fourth-order valence-corrected chi connectivity index (χ4v) is 4.17. The number of hydrogen-bond acceptors (Lipinski definition) is 6. The maximum atomic E-state index is 13.6. The molecule has 5 rings (SSSR count). The van der Waals surface area contributed by atoms with Crippen molar-refractivity contribution in [3.8, 4) is 22.5 Å². The Labute approximate surface area is 182 Å². The number of pyridine rings is 1. The second kappa shape index (κ2) is 7.11. The van der Waals surface area contributed by atoms with Crippen LogP contribution in [0, 0.1) is 5.82 Å². The summed E-state index contributed by atoms with van der Waals surface area (Å²) in [7, 11) is 0. The van der Waals surface area contributed by atoms with Gasteiger partial charge >= 0.3 is 0 Å². The molecule has 0 bridgehead atoms. The van der Waals surface area contributed by atoms with Gasteiger partial charge < -0.3 is 22.3 Å². The molecule has 1 fully saturated rings. The minimum Gasteiger partial charge on any atom is -0.383 e. The maximum Gasteiger partial charge on any atom is 0.254 e. The smallest absolute Gasteiger partial charge is 0.254 e. The highest BCUT2D eigenvalue weighted by molar-refractivity contribution is 6.04. The molecule has 1 saturated carbocycles. The first-order valence-electron chi connectivity index (χ1n) is 10.1. The molecule has 32 heavy (non-hydrogen) atoms. The Morgan fingerprint density at radius 2 is 1.88 bits per heavy atom. The number of hydrogen-bond donors (Lipinski definition) is 4. The van der Waals surface area contributed by atoms with Crippen molar-refractivity contribution in [1.29, 1.82) is 0 Å². The molecule has 2 heterocycles. The molecule has 1 aliphatic carbocycles. The number of carbonyl (C=O) groups excluding carboxylic acids is 1. The van der Waals surface area contributed by atoms with Crippen LogP contribution in [-0.2, 0) is 0 Å². The zero-order chi connectivity index (χ0) is 22.6. The van der Waals surface area contributed by atoms with E-state index in [0.29, 0.717) is 28.0 Å². The average Bonchev–Trinajstić information content (AvgIpc) is 3.08. The molecule has 0 saturated heterocycles. The zero-order valence-corrected chi connectivity index (χ0v) is 17.0. The van der Waals surface area contributed by atoms with Crippen molar-refractivity contribution in [3.05, 3.63) is 66.0 Å². The van der Waals surface area contributed by atoms with Crippen LogP contribution in [0.25, 0.3) is 33.4 Å². The number of aliphatic hydroxyl groups is 1. The molecule has 1 aliphatic rings. The molecule has 8 nitrogen and oxygen atoms in total. The molecule has 0 atom stereocenters. The van der Waals surface area contributed by atoms with E-state index >= 15 is 0 Å². The van der Waals surface area contributed by atoms with Gasteiger partial charge in [-0.1, -0.05) is 30.3 Å². The Balaban J connectivity index is 1.60. The van der Waals surface area contributed by atoms with Crippen LogP contribution in [0.15, 0.2) is 54.6 Å². The van der Waals surface area contributed by atoms with E-state index in [4.69, 9.17) is 17.2 Å².